The van der Waals surface area contributed by atoms with Crippen LogP contribution in [0.3, 0.4) is 0 Å². The van der Waals surface area contributed by atoms with E-state index in [1.165, 1.54) is 31.4 Å². The first-order valence-corrected chi connectivity index (χ1v) is 6.49. The molecule has 0 saturated heterocycles. The lowest BCUT2D eigenvalue weighted by Gasteiger charge is -2.30. The molecule has 19 heavy (non-hydrogen) atoms. The third-order valence-corrected chi connectivity index (χ3v) is 3.75. The maximum Gasteiger partial charge on any atom is 0.269 e. The Hall–Kier alpha value is -1.91. The molecule has 1 aliphatic carbocycles. The number of rotatable bonds is 4. The van der Waals surface area contributed by atoms with Crippen LogP contribution in [0, 0.1) is 23.0 Å². The van der Waals surface area contributed by atoms with Gasteiger partial charge in [0.15, 0.2) is 0 Å². The fourth-order valence-electron chi connectivity index (χ4n) is 2.35. The molecular weight excluding hydrogens is 244 g/mol. The normalized spacial score (nSPS) is 14.8. The molecule has 0 aromatic heterocycles. The fourth-order valence-corrected chi connectivity index (χ4v) is 2.35. The number of hydrogen-bond acceptors (Lipinski definition) is 3. The van der Waals surface area contributed by atoms with Gasteiger partial charge in [0.05, 0.1) is 4.92 Å². The summed E-state index contributed by atoms with van der Waals surface area (Å²) in [6.07, 6.45) is 3.64. The Bertz CT molecular complexity index is 509. The summed E-state index contributed by atoms with van der Waals surface area (Å²) in [5.74, 6) is 0.562. The van der Waals surface area contributed by atoms with Crippen LogP contribution in [-0.2, 0) is 0 Å². The lowest BCUT2D eigenvalue weighted by molar-refractivity contribution is -0.384. The van der Waals surface area contributed by atoms with E-state index in [4.69, 9.17) is 0 Å². The Balaban J connectivity index is 2.11. The molecule has 0 unspecified atom stereocenters. The lowest BCUT2D eigenvalue weighted by atomic mass is 9.85. The summed E-state index contributed by atoms with van der Waals surface area (Å²) >= 11 is 0. The molecule has 0 radical (unpaired) electrons. The van der Waals surface area contributed by atoms with Crippen molar-refractivity contribution in [1.82, 2.24) is 4.90 Å². The number of carbonyl (C=O) groups excluding carboxylic acids is 1. The van der Waals surface area contributed by atoms with Crippen LogP contribution < -0.4 is 0 Å². The molecule has 0 aliphatic heterocycles. The molecule has 1 aliphatic rings. The topological polar surface area (TPSA) is 63.5 Å². The first-order chi connectivity index (χ1) is 8.99. The van der Waals surface area contributed by atoms with E-state index in [1.807, 2.05) is 0 Å². The number of amides is 1. The molecule has 0 N–H and O–H groups in total. The molecule has 0 heterocycles. The van der Waals surface area contributed by atoms with Crippen molar-refractivity contribution in [2.45, 2.75) is 26.2 Å². The van der Waals surface area contributed by atoms with Gasteiger partial charge < -0.3 is 4.90 Å². The molecule has 0 atom stereocenters. The minimum atomic E-state index is -0.445. The van der Waals surface area contributed by atoms with Gasteiger partial charge in [-0.1, -0.05) is 6.42 Å². The van der Waals surface area contributed by atoms with Crippen molar-refractivity contribution in [3.05, 3.63) is 39.4 Å². The van der Waals surface area contributed by atoms with E-state index >= 15 is 0 Å². The van der Waals surface area contributed by atoms with Gasteiger partial charge in [0.2, 0.25) is 0 Å². The number of carbonyl (C=O) groups is 1. The SMILES string of the molecule is Cc1cc([N+](=O)[O-])ccc1C(=O)N(C)CC1CCC1. The Morgan fingerprint density at radius 1 is 1.47 bits per heavy atom. The van der Waals surface area contributed by atoms with Gasteiger partial charge >= 0.3 is 0 Å². The third-order valence-electron chi connectivity index (χ3n) is 3.75. The summed E-state index contributed by atoms with van der Waals surface area (Å²) in [4.78, 5) is 24.2. The maximum absolute atomic E-state index is 12.3. The highest BCUT2D eigenvalue weighted by atomic mass is 16.6. The van der Waals surface area contributed by atoms with Crippen LogP contribution in [0.2, 0.25) is 0 Å². The lowest BCUT2D eigenvalue weighted by Crippen LogP contribution is -2.34. The molecule has 0 bridgehead atoms. The van der Waals surface area contributed by atoms with Crippen LogP contribution in [0.1, 0.15) is 35.2 Å². The van der Waals surface area contributed by atoms with E-state index < -0.39 is 4.92 Å². The van der Waals surface area contributed by atoms with E-state index in [2.05, 4.69) is 0 Å². The quantitative estimate of drug-likeness (QED) is 0.619. The summed E-state index contributed by atoms with van der Waals surface area (Å²) in [6, 6.07) is 4.38. The van der Waals surface area contributed by atoms with Gasteiger partial charge in [-0.2, -0.15) is 0 Å². The van der Waals surface area contributed by atoms with E-state index in [-0.39, 0.29) is 11.6 Å². The Morgan fingerprint density at radius 2 is 2.16 bits per heavy atom. The molecule has 5 nitrogen and oxygen atoms in total. The highest BCUT2D eigenvalue weighted by Gasteiger charge is 2.23. The van der Waals surface area contributed by atoms with Crippen molar-refractivity contribution in [3.63, 3.8) is 0 Å². The third kappa shape index (κ3) is 2.92. The van der Waals surface area contributed by atoms with E-state index in [9.17, 15) is 14.9 Å². The molecule has 0 spiro atoms. The van der Waals surface area contributed by atoms with Gasteiger partial charge in [0.1, 0.15) is 0 Å². The summed E-state index contributed by atoms with van der Waals surface area (Å²) in [6.45, 7) is 2.51. The van der Waals surface area contributed by atoms with Crippen molar-refractivity contribution >= 4 is 11.6 Å². The van der Waals surface area contributed by atoms with Crippen LogP contribution >= 0.6 is 0 Å². The average molecular weight is 262 g/mol. The molecule has 1 amide bonds. The summed E-state index contributed by atoms with van der Waals surface area (Å²) < 4.78 is 0. The number of nitro benzene ring substituents is 1. The van der Waals surface area contributed by atoms with E-state index in [0.717, 1.165) is 6.54 Å². The van der Waals surface area contributed by atoms with Crippen LogP contribution in [0.25, 0.3) is 0 Å². The molecule has 1 aromatic rings. The minimum Gasteiger partial charge on any atom is -0.341 e. The monoisotopic (exact) mass is 262 g/mol. The summed E-state index contributed by atoms with van der Waals surface area (Å²) in [5.41, 5.74) is 1.22. The molecule has 1 aromatic carbocycles. The number of nitro groups is 1. The van der Waals surface area contributed by atoms with E-state index in [0.29, 0.717) is 17.0 Å². The second-order valence-electron chi connectivity index (χ2n) is 5.24. The van der Waals surface area contributed by atoms with Gasteiger partial charge in [-0.25, -0.2) is 0 Å². The minimum absolute atomic E-state index is 0.0238. The zero-order chi connectivity index (χ0) is 14.0. The number of aryl methyl sites for hydroxylation is 1. The smallest absolute Gasteiger partial charge is 0.269 e. The molecular formula is C14H18N2O3. The van der Waals surface area contributed by atoms with Gasteiger partial charge in [-0.15, -0.1) is 0 Å². The van der Waals surface area contributed by atoms with Gasteiger partial charge in [0, 0.05) is 31.3 Å². The Morgan fingerprint density at radius 3 is 2.63 bits per heavy atom. The number of benzene rings is 1. The molecule has 1 saturated carbocycles. The highest BCUT2D eigenvalue weighted by molar-refractivity contribution is 5.95. The van der Waals surface area contributed by atoms with E-state index in [1.54, 1.807) is 24.9 Å². The van der Waals surface area contributed by atoms with Crippen LogP contribution in [-0.4, -0.2) is 29.3 Å². The molecule has 1 fully saturated rings. The van der Waals surface area contributed by atoms with Crippen molar-refractivity contribution in [3.8, 4) is 0 Å². The Labute approximate surface area is 112 Å². The van der Waals surface area contributed by atoms with Crippen LogP contribution in [0.4, 0.5) is 5.69 Å². The highest BCUT2D eigenvalue weighted by Crippen LogP contribution is 2.27. The molecule has 2 rings (SSSR count). The number of hydrogen-bond donors (Lipinski definition) is 0. The second-order valence-corrected chi connectivity index (χ2v) is 5.24. The molecule has 102 valence electrons. The zero-order valence-corrected chi connectivity index (χ0v) is 11.3. The standard InChI is InChI=1S/C14H18N2O3/c1-10-8-12(16(18)19)6-7-13(10)14(17)15(2)9-11-4-3-5-11/h6-8,11H,3-5,9H2,1-2H3. The predicted octanol–water partition coefficient (Wildman–Crippen LogP) is 2.78. The first-order valence-electron chi connectivity index (χ1n) is 6.49. The van der Waals surface area contributed by atoms with Crippen molar-refractivity contribution < 1.29 is 9.72 Å². The first kappa shape index (κ1) is 13.5. The van der Waals surface area contributed by atoms with Gasteiger partial charge in [-0.3, -0.25) is 14.9 Å². The fraction of sp³-hybridized carbons (Fsp3) is 0.500. The number of nitrogens with zero attached hydrogens (tertiary/aromatic N) is 2. The van der Waals surface area contributed by atoms with Crippen LogP contribution in [0.15, 0.2) is 18.2 Å². The average Bonchev–Trinajstić information content (AvgIpc) is 2.32. The predicted molar refractivity (Wildman–Crippen MR) is 72.1 cm³/mol. The van der Waals surface area contributed by atoms with Crippen LogP contribution in [0.5, 0.6) is 0 Å². The second kappa shape index (κ2) is 5.38. The summed E-state index contributed by atoms with van der Waals surface area (Å²) in [7, 11) is 1.79. The van der Waals surface area contributed by atoms with Gasteiger partial charge in [0.25, 0.3) is 11.6 Å². The van der Waals surface area contributed by atoms with Crippen molar-refractivity contribution in [1.29, 1.82) is 0 Å². The Kier molecular flexibility index (Phi) is 3.83. The van der Waals surface area contributed by atoms with Gasteiger partial charge in [-0.05, 0) is 37.3 Å². The van der Waals surface area contributed by atoms with Crippen molar-refractivity contribution in [2.75, 3.05) is 13.6 Å². The molecule has 5 heteroatoms. The zero-order valence-electron chi connectivity index (χ0n) is 11.3. The largest absolute Gasteiger partial charge is 0.341 e. The maximum atomic E-state index is 12.3. The number of non-ortho nitro benzene ring substituents is 1. The summed E-state index contributed by atoms with van der Waals surface area (Å²) in [5, 5.41) is 10.7. The van der Waals surface area contributed by atoms with Crippen molar-refractivity contribution in [2.24, 2.45) is 5.92 Å².